The minimum absolute atomic E-state index is 0.157. The van der Waals surface area contributed by atoms with E-state index in [1.54, 1.807) is 12.1 Å². The van der Waals surface area contributed by atoms with Gasteiger partial charge >= 0.3 is 7.12 Å². The summed E-state index contributed by atoms with van der Waals surface area (Å²) in [5.41, 5.74) is 0.157. The van der Waals surface area contributed by atoms with Crippen LogP contribution in [0.1, 0.15) is 0 Å². The lowest BCUT2D eigenvalue weighted by molar-refractivity contribution is -0.0270. The molecule has 0 aromatic carbocycles. The highest BCUT2D eigenvalue weighted by molar-refractivity contribution is 6.58. The van der Waals surface area contributed by atoms with Crippen LogP contribution < -0.4 is 5.59 Å². The zero-order valence-electron chi connectivity index (χ0n) is 5.07. The van der Waals surface area contributed by atoms with E-state index in [1.807, 2.05) is 0 Å². The smallest absolute Gasteiger partial charge is 0.420 e. The molecule has 0 fully saturated rings. The van der Waals surface area contributed by atoms with Crippen molar-refractivity contribution in [1.82, 2.24) is 4.98 Å². The normalized spacial score (nSPS) is 9.40. The number of hydrogen-bond donors (Lipinski definition) is 1. The van der Waals surface area contributed by atoms with Crippen LogP contribution in [0.15, 0.2) is 24.4 Å². The third-order valence-electron chi connectivity index (χ3n) is 1.03. The molecule has 0 saturated heterocycles. The van der Waals surface area contributed by atoms with Crippen LogP contribution >= 0.6 is 0 Å². The van der Waals surface area contributed by atoms with E-state index in [-0.39, 0.29) is 5.59 Å². The fourth-order valence-electron chi connectivity index (χ4n) is 0.568. The van der Waals surface area contributed by atoms with Crippen LogP contribution in [0.4, 0.5) is 4.53 Å². The van der Waals surface area contributed by atoms with Gasteiger partial charge in [0.05, 0.1) is 5.59 Å². The van der Waals surface area contributed by atoms with Gasteiger partial charge in [-0.3, -0.25) is 4.98 Å². The Bertz CT molecular complexity index is 196. The lowest BCUT2D eigenvalue weighted by Gasteiger charge is -1.96. The number of pyridine rings is 1. The SMILES string of the molecule is OB(OF)c1ccccn1. The molecule has 0 bridgehead atoms. The van der Waals surface area contributed by atoms with Gasteiger partial charge in [-0.25, -0.2) is 4.86 Å². The van der Waals surface area contributed by atoms with E-state index in [0.717, 1.165) is 0 Å². The van der Waals surface area contributed by atoms with E-state index in [9.17, 15) is 4.53 Å². The monoisotopic (exact) mass is 141 g/mol. The molecule has 0 aliphatic heterocycles. The second-order valence-electron chi connectivity index (χ2n) is 1.70. The lowest BCUT2D eigenvalue weighted by Crippen LogP contribution is -2.33. The minimum atomic E-state index is -1.57. The van der Waals surface area contributed by atoms with Gasteiger partial charge in [0.15, 0.2) is 0 Å². The van der Waals surface area contributed by atoms with E-state index in [0.29, 0.717) is 0 Å². The zero-order chi connectivity index (χ0) is 7.40. The van der Waals surface area contributed by atoms with Crippen LogP contribution in [0, 0.1) is 0 Å². The van der Waals surface area contributed by atoms with Crippen molar-refractivity contribution < 1.29 is 14.4 Å². The number of halogens is 1. The van der Waals surface area contributed by atoms with Crippen LogP contribution in [0.25, 0.3) is 0 Å². The quantitative estimate of drug-likeness (QED) is 0.573. The molecule has 0 atom stereocenters. The summed E-state index contributed by atoms with van der Waals surface area (Å²) in [5.74, 6) is 0. The Morgan fingerprint density at radius 3 is 2.90 bits per heavy atom. The molecule has 1 rings (SSSR count). The third kappa shape index (κ3) is 1.52. The zero-order valence-corrected chi connectivity index (χ0v) is 5.07. The van der Waals surface area contributed by atoms with Gasteiger partial charge in [0.1, 0.15) is 0 Å². The summed E-state index contributed by atoms with van der Waals surface area (Å²) >= 11 is 0. The fourth-order valence-corrected chi connectivity index (χ4v) is 0.568. The topological polar surface area (TPSA) is 42.4 Å². The molecule has 5 heteroatoms. The van der Waals surface area contributed by atoms with Crippen LogP contribution in [0.3, 0.4) is 0 Å². The summed E-state index contributed by atoms with van der Waals surface area (Å²) in [6.45, 7) is 0. The second-order valence-corrected chi connectivity index (χ2v) is 1.70. The predicted molar refractivity (Wildman–Crippen MR) is 34.0 cm³/mol. The molecular formula is C5H5BFNO2. The van der Waals surface area contributed by atoms with Crippen molar-refractivity contribution in [2.75, 3.05) is 0 Å². The van der Waals surface area contributed by atoms with Gasteiger partial charge in [-0.1, -0.05) is 10.6 Å². The molecule has 0 radical (unpaired) electrons. The molecule has 0 spiro atoms. The maximum atomic E-state index is 11.3. The molecule has 1 N–H and O–H groups in total. The third-order valence-corrected chi connectivity index (χ3v) is 1.03. The van der Waals surface area contributed by atoms with Crippen molar-refractivity contribution in [2.24, 2.45) is 0 Å². The Hall–Kier alpha value is -0.935. The highest BCUT2D eigenvalue weighted by Gasteiger charge is 2.17. The molecule has 1 heterocycles. The van der Waals surface area contributed by atoms with Gasteiger partial charge in [0.2, 0.25) is 0 Å². The maximum absolute atomic E-state index is 11.3. The van der Waals surface area contributed by atoms with Gasteiger partial charge in [-0.15, -0.1) is 0 Å². The molecule has 1 aromatic heterocycles. The highest BCUT2D eigenvalue weighted by atomic mass is 19.3. The molecule has 0 aliphatic carbocycles. The van der Waals surface area contributed by atoms with Crippen molar-refractivity contribution in [3.05, 3.63) is 24.4 Å². The van der Waals surface area contributed by atoms with E-state index < -0.39 is 7.12 Å². The number of nitrogens with zero attached hydrogens (tertiary/aromatic N) is 1. The summed E-state index contributed by atoms with van der Waals surface area (Å²) in [4.78, 5) is 6.76. The van der Waals surface area contributed by atoms with Crippen molar-refractivity contribution in [3.8, 4) is 0 Å². The Balaban J connectivity index is 2.75. The van der Waals surface area contributed by atoms with Gasteiger partial charge in [0.25, 0.3) is 0 Å². The largest absolute Gasteiger partial charge is 0.548 e. The van der Waals surface area contributed by atoms with Gasteiger partial charge < -0.3 is 5.02 Å². The van der Waals surface area contributed by atoms with Crippen LogP contribution in [-0.2, 0) is 4.86 Å². The first-order valence-corrected chi connectivity index (χ1v) is 2.71. The summed E-state index contributed by atoms with van der Waals surface area (Å²) in [6, 6.07) is 4.75. The van der Waals surface area contributed by atoms with Crippen molar-refractivity contribution in [1.29, 1.82) is 0 Å². The highest BCUT2D eigenvalue weighted by Crippen LogP contribution is 1.83. The van der Waals surface area contributed by atoms with E-state index in [1.165, 1.54) is 12.3 Å². The summed E-state index contributed by atoms with van der Waals surface area (Å²) in [7, 11) is -1.57. The summed E-state index contributed by atoms with van der Waals surface area (Å²) in [6.07, 6.45) is 1.44. The summed E-state index contributed by atoms with van der Waals surface area (Å²) in [5, 5.41) is 8.67. The average Bonchev–Trinajstić information content (AvgIpc) is 2.05. The average molecular weight is 141 g/mol. The predicted octanol–water partition coefficient (Wildman–Crippen LogP) is -0.330. The lowest BCUT2D eigenvalue weighted by atomic mass is 9.86. The van der Waals surface area contributed by atoms with Crippen LogP contribution in [0.2, 0.25) is 0 Å². The Labute approximate surface area is 57.5 Å². The van der Waals surface area contributed by atoms with E-state index >= 15 is 0 Å². The van der Waals surface area contributed by atoms with Crippen LogP contribution in [-0.4, -0.2) is 17.1 Å². The first kappa shape index (κ1) is 7.18. The molecule has 52 valence electrons. The van der Waals surface area contributed by atoms with Crippen molar-refractivity contribution >= 4 is 12.7 Å². The standard InChI is InChI=1S/C5H5BFNO2/c7-10-6(9)5-3-1-2-4-8-5/h1-4,9H. The van der Waals surface area contributed by atoms with E-state index in [4.69, 9.17) is 5.02 Å². The maximum Gasteiger partial charge on any atom is 0.548 e. The number of hydrogen-bond acceptors (Lipinski definition) is 3. The van der Waals surface area contributed by atoms with E-state index in [2.05, 4.69) is 9.84 Å². The Morgan fingerprint density at radius 1 is 1.60 bits per heavy atom. The molecule has 0 unspecified atom stereocenters. The minimum Gasteiger partial charge on any atom is -0.420 e. The molecule has 1 aromatic rings. The molecule has 0 amide bonds. The second kappa shape index (κ2) is 3.29. The number of aromatic nitrogens is 1. The summed E-state index contributed by atoms with van der Waals surface area (Å²) < 4.78 is 11.3. The molecule has 3 nitrogen and oxygen atoms in total. The Kier molecular flexibility index (Phi) is 2.36. The number of rotatable bonds is 2. The van der Waals surface area contributed by atoms with Gasteiger partial charge in [-0.05, 0) is 12.1 Å². The fraction of sp³-hybridized carbons (Fsp3) is 0. The van der Waals surface area contributed by atoms with Crippen molar-refractivity contribution in [2.45, 2.75) is 0 Å². The van der Waals surface area contributed by atoms with Gasteiger partial charge in [-0.2, -0.15) is 0 Å². The molecule has 0 aliphatic rings. The Morgan fingerprint density at radius 2 is 2.40 bits per heavy atom. The first-order valence-electron chi connectivity index (χ1n) is 2.71. The molecular weight excluding hydrogens is 136 g/mol. The molecule has 0 saturated carbocycles. The van der Waals surface area contributed by atoms with Gasteiger partial charge in [0, 0.05) is 6.20 Å². The molecule has 10 heavy (non-hydrogen) atoms. The van der Waals surface area contributed by atoms with Crippen molar-refractivity contribution in [3.63, 3.8) is 0 Å². The van der Waals surface area contributed by atoms with Crippen LogP contribution in [0.5, 0.6) is 0 Å². The first-order chi connectivity index (χ1) is 4.84.